The first-order valence-corrected chi connectivity index (χ1v) is 23.9. The number of unbranched alkanes of at least 4 members (excludes halogenated alkanes) is 1. The molecule has 0 aromatic rings. The van der Waals surface area contributed by atoms with Crippen LogP contribution in [0, 0.1) is 88.8 Å². The van der Waals surface area contributed by atoms with Crippen LogP contribution < -0.4 is 0 Å². The molecule has 5 aliphatic carbocycles. The minimum atomic E-state index is 0. The fourth-order valence-corrected chi connectivity index (χ4v) is 13.0. The molecular weight excluding hydrogens is 601 g/mol. The van der Waals surface area contributed by atoms with Crippen LogP contribution in [-0.2, 0) is 0 Å². The molecule has 0 aromatic carbocycles. The third kappa shape index (κ3) is 13.1. The molecule has 13 unspecified atom stereocenters. The zero-order valence-corrected chi connectivity index (χ0v) is 35.3. The van der Waals surface area contributed by atoms with E-state index in [9.17, 15) is 0 Å². The van der Waals surface area contributed by atoms with Gasteiger partial charge in [-0.2, -0.15) is 0 Å². The van der Waals surface area contributed by atoms with Gasteiger partial charge in [0.2, 0.25) is 0 Å². The molecule has 0 aromatic heterocycles. The van der Waals surface area contributed by atoms with Crippen molar-refractivity contribution in [3.63, 3.8) is 0 Å². The Morgan fingerprint density at radius 3 is 2.16 bits per heavy atom. The minimum Gasteiger partial charge on any atom is -0.103 e. The van der Waals surface area contributed by atoms with E-state index in [1.807, 2.05) is 13.8 Å². The number of rotatable bonds is 17. The van der Waals surface area contributed by atoms with Crippen molar-refractivity contribution in [3.05, 3.63) is 0 Å². The smallest absolute Gasteiger partial charge is 0.0239 e. The molecule has 0 nitrogen and oxygen atoms in total. The molecule has 0 radical (unpaired) electrons. The molecule has 5 rings (SSSR count). The largest absolute Gasteiger partial charge is 0.103 e. The third-order valence-corrected chi connectivity index (χ3v) is 16.1. The second-order valence-electron chi connectivity index (χ2n) is 19.6. The maximum atomic E-state index is 4.03. The predicted octanol–water partition coefficient (Wildman–Crippen LogP) is 16.4. The van der Waals surface area contributed by atoms with Crippen molar-refractivity contribution in [2.24, 2.45) is 76.9 Å². The van der Waals surface area contributed by atoms with Crippen LogP contribution in [0.25, 0.3) is 0 Å². The summed E-state index contributed by atoms with van der Waals surface area (Å²) in [5.74, 6) is 20.0. The lowest BCUT2D eigenvalue weighted by molar-refractivity contribution is 0.0637. The minimum absolute atomic E-state index is 0. The van der Waals surface area contributed by atoms with E-state index in [0.29, 0.717) is 5.92 Å². The molecule has 4 fully saturated rings. The molecule has 0 N–H and O–H groups in total. The highest BCUT2D eigenvalue weighted by molar-refractivity contribution is 5.10. The van der Waals surface area contributed by atoms with E-state index in [-0.39, 0.29) is 1.43 Å². The van der Waals surface area contributed by atoms with E-state index in [0.717, 1.165) is 71.0 Å². The van der Waals surface area contributed by atoms with Crippen LogP contribution in [0.5, 0.6) is 0 Å². The molecule has 0 saturated heterocycles. The van der Waals surface area contributed by atoms with Gasteiger partial charge in [-0.3, -0.25) is 0 Å². The maximum Gasteiger partial charge on any atom is 0.0239 e. The molecule has 292 valence electrons. The molecule has 0 spiro atoms. The summed E-state index contributed by atoms with van der Waals surface area (Å²) in [5, 5.41) is 0. The van der Waals surface area contributed by atoms with Crippen molar-refractivity contribution in [1.82, 2.24) is 0 Å². The Bertz CT molecular complexity index is 943. The van der Waals surface area contributed by atoms with Gasteiger partial charge < -0.3 is 0 Å². The van der Waals surface area contributed by atoms with Crippen molar-refractivity contribution >= 4 is 0 Å². The highest BCUT2D eigenvalue weighted by Gasteiger charge is 2.40. The Balaban J connectivity index is 0.00000230. The van der Waals surface area contributed by atoms with Gasteiger partial charge in [0.15, 0.2) is 0 Å². The van der Waals surface area contributed by atoms with Crippen molar-refractivity contribution in [2.75, 3.05) is 0 Å². The van der Waals surface area contributed by atoms with Crippen LogP contribution in [0.1, 0.15) is 230 Å². The lowest BCUT2D eigenvalue weighted by atomic mass is 9.61. The van der Waals surface area contributed by atoms with E-state index in [4.69, 9.17) is 0 Å². The van der Waals surface area contributed by atoms with Gasteiger partial charge in [-0.05, 0) is 116 Å². The van der Waals surface area contributed by atoms with Gasteiger partial charge in [0.05, 0.1) is 0 Å². The first-order chi connectivity index (χ1) is 24.4. The highest BCUT2D eigenvalue weighted by atomic mass is 14.4. The monoisotopic (exact) mass is 693 g/mol. The van der Waals surface area contributed by atoms with E-state index in [1.54, 1.807) is 32.1 Å². The lowest BCUT2D eigenvalue weighted by Gasteiger charge is -2.44. The molecular formula is C50H92. The topological polar surface area (TPSA) is 0 Å². The summed E-state index contributed by atoms with van der Waals surface area (Å²) in [6.07, 6.45) is 41.4. The first-order valence-electron chi connectivity index (χ1n) is 23.9. The average Bonchev–Trinajstić information content (AvgIpc) is 3.38. The normalized spacial score (nSPS) is 35.5. The summed E-state index contributed by atoms with van der Waals surface area (Å²) in [5.41, 5.74) is 0. The molecule has 0 amide bonds. The van der Waals surface area contributed by atoms with E-state index < -0.39 is 0 Å². The average molecular weight is 693 g/mol. The molecule has 0 bridgehead atoms. The Hall–Kier alpha value is -0.440. The molecule has 0 heterocycles. The SMILES string of the molecule is CC.CCCCC(C)C(C1C#CCCC(CCCC2CCCCC2C)C1)C1CCCCC1CC(C)CCCC(C)C1CCC2CCCCC2C1.[HH]. The lowest BCUT2D eigenvalue weighted by Crippen LogP contribution is -2.36. The molecule has 4 saturated carbocycles. The van der Waals surface area contributed by atoms with Gasteiger partial charge in [0, 0.05) is 13.8 Å². The third-order valence-electron chi connectivity index (χ3n) is 16.1. The fourth-order valence-electron chi connectivity index (χ4n) is 13.0. The first kappa shape index (κ1) is 42.3. The zero-order chi connectivity index (χ0) is 35.7. The van der Waals surface area contributed by atoms with Crippen LogP contribution in [0.3, 0.4) is 0 Å². The summed E-state index contributed by atoms with van der Waals surface area (Å²) in [4.78, 5) is 0. The van der Waals surface area contributed by atoms with E-state index in [2.05, 4.69) is 46.5 Å². The van der Waals surface area contributed by atoms with Gasteiger partial charge in [0.25, 0.3) is 0 Å². The van der Waals surface area contributed by atoms with E-state index >= 15 is 0 Å². The standard InChI is InChI=1S/C48H84.C2H6.H2/c1-6-7-19-39(5)48(46-28-11-9-22-40(34-46)23-17-29-41-24-10-8-20-37(41)3)47-30-15-14-27-45(47)33-36(2)18-16-21-38(4)43-32-31-42-25-12-13-26-44(42)35-43;1-2;/h36-48H,6-10,12-27,29-35H2,1-5H3;1-2H3;1H. The van der Waals surface area contributed by atoms with Gasteiger partial charge in [-0.25, -0.2) is 0 Å². The number of hydrogen-bond donors (Lipinski definition) is 0. The summed E-state index contributed by atoms with van der Waals surface area (Å²) in [7, 11) is 0. The van der Waals surface area contributed by atoms with Crippen LogP contribution in [0.4, 0.5) is 0 Å². The van der Waals surface area contributed by atoms with Crippen molar-refractivity contribution in [2.45, 2.75) is 228 Å². The van der Waals surface area contributed by atoms with Gasteiger partial charge in [-0.15, -0.1) is 5.92 Å². The van der Waals surface area contributed by atoms with Crippen molar-refractivity contribution < 1.29 is 1.43 Å². The van der Waals surface area contributed by atoms with Gasteiger partial charge >= 0.3 is 0 Å². The molecule has 0 aliphatic heterocycles. The Morgan fingerprint density at radius 2 is 1.38 bits per heavy atom. The van der Waals surface area contributed by atoms with Crippen LogP contribution in [0.15, 0.2) is 0 Å². The summed E-state index contributed by atoms with van der Waals surface area (Å²) in [6.45, 7) is 16.9. The molecule has 5 aliphatic rings. The van der Waals surface area contributed by atoms with Crippen LogP contribution >= 0.6 is 0 Å². The maximum absolute atomic E-state index is 4.03. The van der Waals surface area contributed by atoms with Gasteiger partial charge in [-0.1, -0.05) is 183 Å². The molecule has 13 atom stereocenters. The predicted molar refractivity (Wildman–Crippen MR) is 224 cm³/mol. The summed E-state index contributed by atoms with van der Waals surface area (Å²) >= 11 is 0. The number of hydrogen-bond acceptors (Lipinski definition) is 0. The Kier molecular flexibility index (Phi) is 19.8. The Morgan fingerprint density at radius 1 is 0.660 bits per heavy atom. The molecule has 0 heteroatoms. The van der Waals surface area contributed by atoms with Crippen molar-refractivity contribution in [1.29, 1.82) is 0 Å². The van der Waals surface area contributed by atoms with Crippen LogP contribution in [-0.4, -0.2) is 0 Å². The van der Waals surface area contributed by atoms with E-state index in [1.165, 1.54) is 148 Å². The molecule has 50 heavy (non-hydrogen) atoms. The fraction of sp³-hybridized carbons (Fsp3) is 0.960. The van der Waals surface area contributed by atoms with Crippen LogP contribution in [0.2, 0.25) is 0 Å². The van der Waals surface area contributed by atoms with Crippen molar-refractivity contribution in [3.8, 4) is 11.8 Å². The second kappa shape index (κ2) is 23.4. The zero-order valence-electron chi connectivity index (χ0n) is 35.3. The summed E-state index contributed by atoms with van der Waals surface area (Å²) in [6, 6.07) is 0. The summed E-state index contributed by atoms with van der Waals surface area (Å²) < 4.78 is 0. The van der Waals surface area contributed by atoms with Gasteiger partial charge in [0.1, 0.15) is 0 Å². The quantitative estimate of drug-likeness (QED) is 0.133. The Labute approximate surface area is 317 Å². The second-order valence-corrected chi connectivity index (χ2v) is 19.6. The highest BCUT2D eigenvalue weighted by Crippen LogP contribution is 2.49. The number of fused-ring (bicyclic) bond motifs is 1.